The van der Waals surface area contributed by atoms with E-state index in [-0.39, 0.29) is 11.0 Å². The van der Waals surface area contributed by atoms with Crippen molar-refractivity contribution in [3.8, 4) is 11.5 Å². The minimum Gasteiger partial charge on any atom is -0.490 e. The molecule has 2 heterocycles. The molecule has 0 unspecified atom stereocenters. The first-order valence-electron chi connectivity index (χ1n) is 9.54. The van der Waals surface area contributed by atoms with Gasteiger partial charge in [-0.3, -0.25) is 4.79 Å². The van der Waals surface area contributed by atoms with Crippen LogP contribution in [0.5, 0.6) is 11.5 Å². The van der Waals surface area contributed by atoms with Crippen LogP contribution < -0.4 is 14.8 Å². The molecule has 0 saturated carbocycles. The Bertz CT molecular complexity index is 1080. The van der Waals surface area contributed by atoms with Gasteiger partial charge in [0.1, 0.15) is 6.54 Å². The number of nitrogens with one attached hydrogen (secondary N) is 1. The van der Waals surface area contributed by atoms with Crippen molar-refractivity contribution in [2.24, 2.45) is 0 Å². The number of rotatable bonds is 4. The average molecular weight is 419 g/mol. The molecule has 0 radical (unpaired) electrons. The van der Waals surface area contributed by atoms with Crippen LogP contribution in [0.4, 0.5) is 13.2 Å². The van der Waals surface area contributed by atoms with Gasteiger partial charge in [0.05, 0.1) is 30.3 Å². The Labute approximate surface area is 170 Å². The van der Waals surface area contributed by atoms with E-state index in [9.17, 15) is 18.0 Å². The number of benzene rings is 2. The van der Waals surface area contributed by atoms with Crippen LogP contribution in [0.2, 0.25) is 0 Å². The summed E-state index contributed by atoms with van der Waals surface area (Å²) in [6.07, 6.45) is -3.89. The molecule has 9 heteroatoms. The molecule has 3 aromatic rings. The molecule has 1 amide bonds. The van der Waals surface area contributed by atoms with Gasteiger partial charge in [-0.15, -0.1) is 0 Å². The molecule has 1 N–H and O–H groups in total. The maximum absolute atomic E-state index is 13.4. The van der Waals surface area contributed by atoms with E-state index in [1.807, 2.05) is 0 Å². The summed E-state index contributed by atoms with van der Waals surface area (Å²) >= 11 is 0. The zero-order valence-corrected chi connectivity index (χ0v) is 16.2. The summed E-state index contributed by atoms with van der Waals surface area (Å²) in [4.78, 5) is 16.2. The Kier molecular flexibility index (Phi) is 5.27. The highest BCUT2D eigenvalue weighted by Crippen LogP contribution is 2.33. The molecule has 0 aliphatic carbocycles. The number of halogens is 3. The fraction of sp³-hybridized carbons (Fsp3) is 0.333. The Morgan fingerprint density at radius 3 is 2.67 bits per heavy atom. The molecule has 0 fully saturated rings. The fourth-order valence-corrected chi connectivity index (χ4v) is 3.42. The number of ether oxygens (including phenoxy) is 2. The van der Waals surface area contributed by atoms with Gasteiger partial charge in [0, 0.05) is 6.42 Å². The second kappa shape index (κ2) is 7.89. The van der Waals surface area contributed by atoms with Crippen molar-refractivity contribution in [2.75, 3.05) is 13.2 Å². The predicted molar refractivity (Wildman–Crippen MR) is 103 cm³/mol. The highest BCUT2D eigenvalue weighted by molar-refractivity contribution is 5.81. The molecular formula is C21H20F3N3O3. The minimum absolute atomic E-state index is 0.188. The number of aromatic nitrogens is 2. The van der Waals surface area contributed by atoms with E-state index in [0.29, 0.717) is 24.7 Å². The van der Waals surface area contributed by atoms with E-state index in [1.165, 1.54) is 12.1 Å². The number of imidazole rings is 1. The van der Waals surface area contributed by atoms with E-state index < -0.39 is 30.5 Å². The average Bonchev–Trinajstić information content (AvgIpc) is 2.91. The lowest BCUT2D eigenvalue weighted by atomic mass is 10.1. The molecule has 1 aromatic heterocycles. The number of hydrogen-bond donors (Lipinski definition) is 1. The number of carbonyl (C=O) groups excluding carboxylic acids is 1. The van der Waals surface area contributed by atoms with Crippen molar-refractivity contribution < 1.29 is 27.4 Å². The number of alkyl halides is 3. The molecule has 0 saturated heterocycles. The second-order valence-corrected chi connectivity index (χ2v) is 7.05. The SMILES string of the molecule is C[C@H](NC(=O)Cn1c(C(F)(F)F)nc2ccccc21)c1ccc2c(c1)OCCCO2. The summed E-state index contributed by atoms with van der Waals surface area (Å²) in [5.41, 5.74) is 1.20. The van der Waals surface area contributed by atoms with Crippen LogP contribution in [0.25, 0.3) is 11.0 Å². The van der Waals surface area contributed by atoms with Gasteiger partial charge in [-0.1, -0.05) is 18.2 Å². The van der Waals surface area contributed by atoms with Gasteiger partial charge >= 0.3 is 6.18 Å². The third-order valence-electron chi connectivity index (χ3n) is 4.86. The van der Waals surface area contributed by atoms with Crippen molar-refractivity contribution in [3.63, 3.8) is 0 Å². The molecule has 1 aliphatic rings. The normalized spacial score (nSPS) is 14.9. The number of amides is 1. The largest absolute Gasteiger partial charge is 0.490 e. The summed E-state index contributed by atoms with van der Waals surface area (Å²) < 4.78 is 52.4. The fourth-order valence-electron chi connectivity index (χ4n) is 3.42. The summed E-state index contributed by atoms with van der Waals surface area (Å²) in [5, 5.41) is 2.75. The van der Waals surface area contributed by atoms with E-state index in [4.69, 9.17) is 9.47 Å². The third-order valence-corrected chi connectivity index (χ3v) is 4.86. The van der Waals surface area contributed by atoms with Gasteiger partial charge in [-0.05, 0) is 36.8 Å². The Hall–Kier alpha value is -3.23. The predicted octanol–water partition coefficient (Wildman–Crippen LogP) is 4.09. The van der Waals surface area contributed by atoms with E-state index in [2.05, 4.69) is 10.3 Å². The summed E-state index contributed by atoms with van der Waals surface area (Å²) in [5.74, 6) is -0.425. The first kappa shape index (κ1) is 20.1. The van der Waals surface area contributed by atoms with Crippen molar-refractivity contribution in [3.05, 3.63) is 53.9 Å². The first-order chi connectivity index (χ1) is 14.3. The second-order valence-electron chi connectivity index (χ2n) is 7.05. The molecule has 2 aromatic carbocycles. The number of para-hydroxylation sites is 2. The van der Waals surface area contributed by atoms with Gasteiger partial charge in [0.25, 0.3) is 0 Å². The number of nitrogens with zero attached hydrogens (tertiary/aromatic N) is 2. The molecule has 0 spiro atoms. The Balaban J connectivity index is 1.53. The van der Waals surface area contributed by atoms with Gasteiger partial charge < -0.3 is 19.4 Å². The molecular weight excluding hydrogens is 399 g/mol. The highest BCUT2D eigenvalue weighted by Gasteiger charge is 2.38. The molecule has 6 nitrogen and oxygen atoms in total. The molecule has 30 heavy (non-hydrogen) atoms. The first-order valence-corrected chi connectivity index (χ1v) is 9.54. The smallest absolute Gasteiger partial charge is 0.449 e. The number of carbonyl (C=O) groups is 1. The zero-order valence-electron chi connectivity index (χ0n) is 16.2. The third kappa shape index (κ3) is 4.05. The standard InChI is InChI=1S/C21H20F3N3O3/c1-13(14-7-8-17-18(11-14)30-10-4-9-29-17)25-19(28)12-27-16-6-3-2-5-15(16)26-20(27)21(22,23)24/h2-3,5-8,11,13H,4,9-10,12H2,1H3,(H,25,28)/t13-/m0/s1. The number of hydrogen-bond acceptors (Lipinski definition) is 4. The van der Waals surface area contributed by atoms with Crippen LogP contribution in [-0.4, -0.2) is 28.7 Å². The highest BCUT2D eigenvalue weighted by atomic mass is 19.4. The molecule has 158 valence electrons. The lowest BCUT2D eigenvalue weighted by Gasteiger charge is -2.17. The monoisotopic (exact) mass is 419 g/mol. The quantitative estimate of drug-likeness (QED) is 0.692. The Morgan fingerprint density at radius 1 is 1.17 bits per heavy atom. The number of fused-ring (bicyclic) bond motifs is 2. The molecule has 4 rings (SSSR count). The van der Waals surface area contributed by atoms with E-state index in [1.54, 1.807) is 37.3 Å². The molecule has 0 bridgehead atoms. The van der Waals surface area contributed by atoms with Gasteiger partial charge in [-0.25, -0.2) is 4.98 Å². The van der Waals surface area contributed by atoms with Crippen LogP contribution in [0.3, 0.4) is 0 Å². The minimum atomic E-state index is -4.67. The maximum atomic E-state index is 13.4. The van der Waals surface area contributed by atoms with E-state index >= 15 is 0 Å². The van der Waals surface area contributed by atoms with Crippen LogP contribution in [0.15, 0.2) is 42.5 Å². The van der Waals surface area contributed by atoms with Crippen LogP contribution in [0, 0.1) is 0 Å². The van der Waals surface area contributed by atoms with Crippen molar-refractivity contribution in [2.45, 2.75) is 32.1 Å². The summed E-state index contributed by atoms with van der Waals surface area (Å²) in [6, 6.07) is 11.1. The van der Waals surface area contributed by atoms with Crippen molar-refractivity contribution in [1.82, 2.24) is 14.9 Å². The van der Waals surface area contributed by atoms with E-state index in [0.717, 1.165) is 16.6 Å². The zero-order chi connectivity index (χ0) is 21.3. The van der Waals surface area contributed by atoms with Crippen LogP contribution >= 0.6 is 0 Å². The van der Waals surface area contributed by atoms with Gasteiger partial charge in [0.15, 0.2) is 11.5 Å². The van der Waals surface area contributed by atoms with Gasteiger partial charge in [-0.2, -0.15) is 13.2 Å². The molecule has 1 aliphatic heterocycles. The topological polar surface area (TPSA) is 65.4 Å². The Morgan fingerprint density at radius 2 is 1.90 bits per heavy atom. The molecule has 1 atom stereocenters. The van der Waals surface area contributed by atoms with Crippen LogP contribution in [0.1, 0.15) is 30.8 Å². The lowest BCUT2D eigenvalue weighted by molar-refractivity contribution is -0.147. The maximum Gasteiger partial charge on any atom is 0.449 e. The summed E-state index contributed by atoms with van der Waals surface area (Å²) in [7, 11) is 0. The summed E-state index contributed by atoms with van der Waals surface area (Å²) in [6.45, 7) is 2.36. The lowest BCUT2D eigenvalue weighted by Crippen LogP contribution is -2.31. The van der Waals surface area contributed by atoms with Crippen molar-refractivity contribution >= 4 is 16.9 Å². The van der Waals surface area contributed by atoms with Gasteiger partial charge in [0.2, 0.25) is 11.7 Å². The van der Waals surface area contributed by atoms with Crippen molar-refractivity contribution in [1.29, 1.82) is 0 Å². The van der Waals surface area contributed by atoms with Crippen LogP contribution in [-0.2, 0) is 17.5 Å².